The Kier molecular flexibility index (Phi) is 6.91. The van der Waals surface area contributed by atoms with E-state index in [1.807, 2.05) is 6.07 Å². The third kappa shape index (κ3) is 5.14. The van der Waals surface area contributed by atoms with Gasteiger partial charge in [-0.3, -0.25) is 0 Å². The number of rotatable bonds is 9. The number of nitrogens with zero attached hydrogens (tertiary/aromatic N) is 1. The lowest BCUT2D eigenvalue weighted by Gasteiger charge is -2.49. The minimum atomic E-state index is -0.710. The van der Waals surface area contributed by atoms with Gasteiger partial charge in [-0.15, -0.1) is 10.1 Å². The molecule has 3 atom stereocenters. The molecule has 1 aromatic carbocycles. The van der Waals surface area contributed by atoms with Crippen LogP contribution in [0.1, 0.15) is 89.2 Å². The molecule has 1 aromatic rings. The monoisotopic (exact) mass is 405 g/mol. The van der Waals surface area contributed by atoms with Crippen LogP contribution < -0.4 is 4.74 Å². The molecule has 0 amide bonds. The summed E-state index contributed by atoms with van der Waals surface area (Å²) in [7, 11) is 0. The highest BCUT2D eigenvalue weighted by Gasteiger charge is 2.47. The van der Waals surface area contributed by atoms with Gasteiger partial charge in [-0.25, -0.2) is 0 Å². The van der Waals surface area contributed by atoms with Gasteiger partial charge in [-0.05, 0) is 75.5 Å². The number of aromatic hydroxyl groups is 1. The molecule has 0 bridgehead atoms. The Labute approximate surface area is 173 Å². The second-order valence-electron chi connectivity index (χ2n) is 9.31. The van der Waals surface area contributed by atoms with Crippen LogP contribution in [0.2, 0.25) is 0 Å². The molecule has 1 aliphatic carbocycles. The van der Waals surface area contributed by atoms with Gasteiger partial charge in [0.15, 0.2) is 0 Å². The maximum Gasteiger partial charge on any atom is 0.294 e. The van der Waals surface area contributed by atoms with E-state index < -0.39 is 5.09 Å². The molecule has 2 aliphatic rings. The van der Waals surface area contributed by atoms with E-state index in [-0.39, 0.29) is 30.0 Å². The lowest BCUT2D eigenvalue weighted by atomic mass is 9.64. The van der Waals surface area contributed by atoms with Crippen molar-refractivity contribution in [3.8, 4) is 11.5 Å². The molecular formula is C23H35NO5. The van der Waals surface area contributed by atoms with Gasteiger partial charge in [0.25, 0.3) is 5.09 Å². The predicted octanol–water partition coefficient (Wildman–Crippen LogP) is 5.78. The molecule has 29 heavy (non-hydrogen) atoms. The first kappa shape index (κ1) is 21.7. The lowest BCUT2D eigenvalue weighted by molar-refractivity contribution is -0.759. The second-order valence-corrected chi connectivity index (χ2v) is 9.31. The molecule has 0 aromatic heterocycles. The first-order chi connectivity index (χ1) is 13.8. The van der Waals surface area contributed by atoms with E-state index in [4.69, 9.17) is 4.74 Å². The molecular weight excluding hydrogens is 370 g/mol. The average Bonchev–Trinajstić information content (AvgIpc) is 2.65. The first-order valence-electron chi connectivity index (χ1n) is 11.1. The fraction of sp³-hybridized carbons (Fsp3) is 0.739. The smallest absolute Gasteiger partial charge is 0.294 e. The SMILES string of the molecule is CCCCCCCc1cc(O)c2c(c1)OC(C)(C)[C@@H]1CC[C@@H](CO[N+](=O)[O-])C[C@@H]21. The quantitative estimate of drug-likeness (QED) is 0.320. The zero-order valence-corrected chi connectivity index (χ0v) is 18.0. The van der Waals surface area contributed by atoms with Crippen LogP contribution in [0.25, 0.3) is 0 Å². The van der Waals surface area contributed by atoms with E-state index >= 15 is 0 Å². The number of fused-ring (bicyclic) bond motifs is 3. The fourth-order valence-electron chi connectivity index (χ4n) is 5.29. The normalized spacial score (nSPS) is 24.9. The molecule has 0 saturated heterocycles. The zero-order chi connectivity index (χ0) is 21.0. The summed E-state index contributed by atoms with van der Waals surface area (Å²) in [6.07, 6.45) is 9.62. The molecule has 1 heterocycles. The molecule has 0 spiro atoms. The number of hydrogen-bond donors (Lipinski definition) is 1. The summed E-state index contributed by atoms with van der Waals surface area (Å²) < 4.78 is 6.39. The van der Waals surface area contributed by atoms with Gasteiger partial charge in [0.05, 0.1) is 6.61 Å². The molecule has 3 rings (SSSR count). The number of ether oxygens (including phenoxy) is 1. The molecule has 6 heteroatoms. The maximum absolute atomic E-state index is 10.9. The second kappa shape index (κ2) is 9.23. The van der Waals surface area contributed by atoms with Crippen molar-refractivity contribution >= 4 is 0 Å². The van der Waals surface area contributed by atoms with Gasteiger partial charge in [0.1, 0.15) is 17.1 Å². The summed E-state index contributed by atoms with van der Waals surface area (Å²) >= 11 is 0. The van der Waals surface area contributed by atoms with Crippen molar-refractivity contribution in [3.05, 3.63) is 33.4 Å². The van der Waals surface area contributed by atoms with Crippen LogP contribution >= 0.6 is 0 Å². The van der Waals surface area contributed by atoms with Crippen LogP contribution in [0.5, 0.6) is 11.5 Å². The first-order valence-corrected chi connectivity index (χ1v) is 11.1. The highest BCUT2D eigenvalue weighted by molar-refractivity contribution is 5.52. The van der Waals surface area contributed by atoms with Crippen molar-refractivity contribution in [2.24, 2.45) is 11.8 Å². The molecule has 1 saturated carbocycles. The van der Waals surface area contributed by atoms with Crippen LogP contribution in [0.15, 0.2) is 12.1 Å². The van der Waals surface area contributed by atoms with Gasteiger partial charge in [0, 0.05) is 11.5 Å². The summed E-state index contributed by atoms with van der Waals surface area (Å²) in [5.74, 6) is 1.65. The largest absolute Gasteiger partial charge is 0.508 e. The molecule has 1 fully saturated rings. The molecule has 6 nitrogen and oxygen atoms in total. The molecule has 0 unspecified atom stereocenters. The van der Waals surface area contributed by atoms with Crippen LogP contribution in [-0.4, -0.2) is 22.4 Å². The average molecular weight is 406 g/mol. The Bertz CT molecular complexity index is 717. The van der Waals surface area contributed by atoms with E-state index in [1.165, 1.54) is 25.7 Å². The Morgan fingerprint density at radius 3 is 2.72 bits per heavy atom. The van der Waals surface area contributed by atoms with Crippen LogP contribution in [0, 0.1) is 22.0 Å². The van der Waals surface area contributed by atoms with E-state index in [0.717, 1.165) is 49.0 Å². The maximum atomic E-state index is 10.9. The number of hydrogen-bond acceptors (Lipinski definition) is 5. The third-order valence-electron chi connectivity index (χ3n) is 6.76. The number of aryl methyl sites for hydroxylation is 1. The van der Waals surface area contributed by atoms with Crippen molar-refractivity contribution in [1.82, 2.24) is 0 Å². The summed E-state index contributed by atoms with van der Waals surface area (Å²) in [5.41, 5.74) is 1.68. The highest BCUT2D eigenvalue weighted by Crippen LogP contribution is 2.55. The summed E-state index contributed by atoms with van der Waals surface area (Å²) in [6, 6.07) is 4.00. The Hall–Kier alpha value is -1.98. The number of phenols is 1. The third-order valence-corrected chi connectivity index (χ3v) is 6.76. The zero-order valence-electron chi connectivity index (χ0n) is 18.0. The lowest BCUT2D eigenvalue weighted by Crippen LogP contribution is -2.47. The van der Waals surface area contributed by atoms with Crippen LogP contribution in [-0.2, 0) is 11.3 Å². The van der Waals surface area contributed by atoms with Gasteiger partial charge >= 0.3 is 0 Å². The Morgan fingerprint density at radius 1 is 1.24 bits per heavy atom. The molecule has 162 valence electrons. The van der Waals surface area contributed by atoms with E-state index in [9.17, 15) is 15.2 Å². The van der Waals surface area contributed by atoms with Crippen molar-refractivity contribution < 1.29 is 19.8 Å². The van der Waals surface area contributed by atoms with Gasteiger partial charge in [0.2, 0.25) is 0 Å². The van der Waals surface area contributed by atoms with E-state index in [0.29, 0.717) is 5.75 Å². The minimum Gasteiger partial charge on any atom is -0.508 e. The van der Waals surface area contributed by atoms with Crippen molar-refractivity contribution in [3.63, 3.8) is 0 Å². The Balaban J connectivity index is 1.77. The van der Waals surface area contributed by atoms with E-state index in [1.54, 1.807) is 0 Å². The fourth-order valence-corrected chi connectivity index (χ4v) is 5.29. The van der Waals surface area contributed by atoms with Gasteiger partial charge in [-0.2, -0.15) is 0 Å². The van der Waals surface area contributed by atoms with Crippen LogP contribution in [0.4, 0.5) is 0 Å². The molecule has 0 radical (unpaired) electrons. The Morgan fingerprint density at radius 2 is 2.00 bits per heavy atom. The van der Waals surface area contributed by atoms with Crippen molar-refractivity contribution in [1.29, 1.82) is 0 Å². The predicted molar refractivity (Wildman–Crippen MR) is 112 cm³/mol. The molecule has 1 aliphatic heterocycles. The number of unbranched alkanes of at least 4 members (excludes halogenated alkanes) is 4. The summed E-state index contributed by atoms with van der Waals surface area (Å²) in [6.45, 7) is 6.59. The van der Waals surface area contributed by atoms with Crippen LogP contribution in [0.3, 0.4) is 0 Å². The number of phenolic OH excluding ortho intramolecular Hbond substituents is 1. The van der Waals surface area contributed by atoms with Gasteiger partial charge < -0.3 is 14.7 Å². The minimum absolute atomic E-state index is 0.126. The summed E-state index contributed by atoms with van der Waals surface area (Å²) in [5, 5.41) is 20.7. The van der Waals surface area contributed by atoms with E-state index in [2.05, 4.69) is 31.7 Å². The molecule has 1 N–H and O–H groups in total. The topological polar surface area (TPSA) is 81.8 Å². The standard InChI is InChI=1S/C23H35NO5/c1-4-5-6-7-8-9-16-13-20(25)22-18-12-17(15-28-24(26)27)10-11-19(18)23(2,3)29-21(22)14-16/h13-14,17-19,25H,4-12,15H2,1-3H3/t17-,18-,19-/m1/s1. The highest BCUT2D eigenvalue weighted by atomic mass is 16.9. The number of benzene rings is 1. The van der Waals surface area contributed by atoms with Crippen molar-refractivity contribution in [2.75, 3.05) is 6.61 Å². The van der Waals surface area contributed by atoms with Crippen molar-refractivity contribution in [2.45, 2.75) is 90.1 Å². The summed E-state index contributed by atoms with van der Waals surface area (Å²) in [4.78, 5) is 15.2. The van der Waals surface area contributed by atoms with Gasteiger partial charge in [-0.1, -0.05) is 32.6 Å².